The molecule has 0 bridgehead atoms. The van der Waals surface area contributed by atoms with Crippen LogP contribution in [0.15, 0.2) is 107 Å². The zero-order valence-electron chi connectivity index (χ0n) is 29.8. The molecule has 1 aromatic rings. The lowest BCUT2D eigenvalue weighted by Crippen LogP contribution is -2.18. The van der Waals surface area contributed by atoms with Crippen molar-refractivity contribution in [3.63, 3.8) is 0 Å². The molecule has 0 spiro atoms. The van der Waals surface area contributed by atoms with Crippen molar-refractivity contribution in [3.8, 4) is 0 Å². The first-order valence-electron chi connectivity index (χ1n) is 15.3. The summed E-state index contributed by atoms with van der Waals surface area (Å²) in [6.45, 7) is 28.6. The van der Waals surface area contributed by atoms with Crippen LogP contribution in [0.4, 0.5) is 5.69 Å². The van der Waals surface area contributed by atoms with Crippen molar-refractivity contribution >= 4 is 35.5 Å². The van der Waals surface area contributed by atoms with Gasteiger partial charge in [-0.25, -0.2) is 0 Å². The minimum absolute atomic E-state index is 0.507. The molecule has 0 unspecified atom stereocenters. The third kappa shape index (κ3) is 28.4. The highest BCUT2D eigenvalue weighted by Gasteiger charge is 2.07. The number of hydrogen-bond acceptors (Lipinski definition) is 7. The first kappa shape index (κ1) is 47.2. The van der Waals surface area contributed by atoms with Gasteiger partial charge in [0.25, 0.3) is 0 Å². The van der Waals surface area contributed by atoms with Crippen molar-refractivity contribution in [3.05, 3.63) is 108 Å². The molecular weight excluding hydrogens is 563 g/mol. The molecule has 7 heteroatoms. The van der Waals surface area contributed by atoms with E-state index in [4.69, 9.17) is 0 Å². The summed E-state index contributed by atoms with van der Waals surface area (Å²) in [6, 6.07) is 8.85. The molecule has 0 radical (unpaired) electrons. The van der Waals surface area contributed by atoms with Crippen LogP contribution in [0, 0.1) is 0 Å². The van der Waals surface area contributed by atoms with E-state index in [1.54, 1.807) is 11.5 Å². The second kappa shape index (κ2) is 35.5. The van der Waals surface area contributed by atoms with Crippen LogP contribution in [0.25, 0.3) is 6.08 Å². The molecule has 0 saturated heterocycles. The highest BCUT2D eigenvalue weighted by Crippen LogP contribution is 2.17. The molecule has 0 aromatic heterocycles. The average Bonchev–Trinajstić information content (AvgIpc) is 3.52. The maximum Gasteiger partial charge on any atom is 0.124 e. The molecule has 0 fully saturated rings. The molecule has 1 aliphatic heterocycles. The van der Waals surface area contributed by atoms with Crippen LogP contribution in [0.5, 0.6) is 0 Å². The van der Waals surface area contributed by atoms with Gasteiger partial charge in [0.05, 0.1) is 5.71 Å². The van der Waals surface area contributed by atoms with Crippen LogP contribution in [0.2, 0.25) is 0 Å². The van der Waals surface area contributed by atoms with Gasteiger partial charge in [0, 0.05) is 57.1 Å². The van der Waals surface area contributed by atoms with Crippen LogP contribution < -0.4 is 16.1 Å². The van der Waals surface area contributed by atoms with E-state index >= 15 is 0 Å². The van der Waals surface area contributed by atoms with E-state index in [-0.39, 0.29) is 0 Å². The second-order valence-corrected chi connectivity index (χ2v) is 9.75. The molecule has 2 rings (SSSR count). The molecule has 248 valence electrons. The molecular formula is C37H63N5OS. The molecule has 0 atom stereocenters. The Morgan fingerprint density at radius 2 is 1.73 bits per heavy atom. The Hall–Kier alpha value is -3.71. The molecule has 0 saturated carbocycles. The van der Waals surface area contributed by atoms with Gasteiger partial charge in [-0.2, -0.15) is 5.10 Å². The third-order valence-electron chi connectivity index (χ3n) is 5.23. The number of benzene rings is 1. The zero-order valence-corrected chi connectivity index (χ0v) is 30.6. The lowest BCUT2D eigenvalue weighted by Gasteiger charge is -2.16. The van der Waals surface area contributed by atoms with Crippen molar-refractivity contribution in [2.45, 2.75) is 81.2 Å². The predicted molar refractivity (Wildman–Crippen MR) is 205 cm³/mol. The highest BCUT2D eigenvalue weighted by molar-refractivity contribution is 8.05. The van der Waals surface area contributed by atoms with Gasteiger partial charge in [-0.05, 0) is 87.1 Å². The summed E-state index contributed by atoms with van der Waals surface area (Å²) in [6.07, 6.45) is 16.0. The molecule has 1 heterocycles. The molecule has 1 aliphatic rings. The quantitative estimate of drug-likeness (QED) is 0.168. The smallest absolute Gasteiger partial charge is 0.124 e. The minimum Gasteiger partial charge on any atom is -0.392 e. The Morgan fingerprint density at radius 3 is 2.16 bits per heavy atom. The summed E-state index contributed by atoms with van der Waals surface area (Å²) in [5.74, 6) is 0. The fourth-order valence-electron chi connectivity index (χ4n) is 2.54. The van der Waals surface area contributed by atoms with E-state index in [1.807, 2.05) is 100 Å². The van der Waals surface area contributed by atoms with Crippen LogP contribution in [0.3, 0.4) is 0 Å². The Morgan fingerprint density at radius 1 is 1.11 bits per heavy atom. The Balaban J connectivity index is -0.000000289. The molecule has 0 amide bonds. The number of nitrogens with one attached hydrogen (secondary N) is 3. The van der Waals surface area contributed by atoms with Gasteiger partial charge in [-0.1, -0.05) is 71.2 Å². The SMILES string of the molecule is C=CC.C=CN(C)C(C)C.C=CS/C(=C\C)CC=O.CC.CC.CN/C(C)=C/C=C1\CC(/C=C/c2cccc(NC)c2)=NN1. The van der Waals surface area contributed by atoms with Crippen molar-refractivity contribution in [1.82, 2.24) is 15.6 Å². The van der Waals surface area contributed by atoms with Crippen LogP contribution in [-0.4, -0.2) is 44.1 Å². The van der Waals surface area contributed by atoms with Crippen LogP contribution in [0.1, 0.15) is 80.7 Å². The normalized spacial score (nSPS) is 12.4. The van der Waals surface area contributed by atoms with E-state index in [2.05, 4.69) is 90.0 Å². The Labute approximate surface area is 276 Å². The highest BCUT2D eigenvalue weighted by atomic mass is 32.2. The number of hydrazone groups is 1. The molecule has 3 N–H and O–H groups in total. The van der Waals surface area contributed by atoms with E-state index in [9.17, 15) is 4.79 Å². The molecule has 1 aromatic carbocycles. The van der Waals surface area contributed by atoms with Crippen molar-refractivity contribution in [2.75, 3.05) is 26.5 Å². The predicted octanol–water partition coefficient (Wildman–Crippen LogP) is 10.2. The van der Waals surface area contributed by atoms with Crippen molar-refractivity contribution in [1.29, 1.82) is 0 Å². The number of hydrogen-bond donors (Lipinski definition) is 3. The first-order chi connectivity index (χ1) is 21.1. The lowest BCUT2D eigenvalue weighted by molar-refractivity contribution is -0.107. The number of rotatable bonds is 11. The van der Waals surface area contributed by atoms with Gasteiger partial charge >= 0.3 is 0 Å². The maximum atomic E-state index is 9.96. The van der Waals surface area contributed by atoms with Gasteiger partial charge in [0.1, 0.15) is 6.29 Å². The third-order valence-corrected chi connectivity index (χ3v) is 6.10. The summed E-state index contributed by atoms with van der Waals surface area (Å²) in [4.78, 5) is 13.1. The zero-order chi connectivity index (χ0) is 34.8. The van der Waals surface area contributed by atoms with E-state index in [0.717, 1.165) is 46.0 Å². The fourth-order valence-corrected chi connectivity index (χ4v) is 3.06. The van der Waals surface area contributed by atoms with Crippen LogP contribution in [-0.2, 0) is 4.79 Å². The summed E-state index contributed by atoms with van der Waals surface area (Å²) in [7, 11) is 5.85. The number of nitrogens with zero attached hydrogens (tertiary/aromatic N) is 2. The minimum atomic E-state index is 0.507. The monoisotopic (exact) mass is 625 g/mol. The number of carbonyl (C=O) groups is 1. The lowest BCUT2D eigenvalue weighted by atomic mass is 10.1. The van der Waals surface area contributed by atoms with Gasteiger partial charge < -0.3 is 20.3 Å². The summed E-state index contributed by atoms with van der Waals surface area (Å²) in [5.41, 5.74) is 8.59. The fraction of sp³-hybridized carbons (Fsp3) is 0.405. The van der Waals surface area contributed by atoms with E-state index in [0.29, 0.717) is 12.5 Å². The number of thioether (sulfide) groups is 1. The van der Waals surface area contributed by atoms with Gasteiger partial charge in [-0.3, -0.25) is 5.43 Å². The summed E-state index contributed by atoms with van der Waals surface area (Å²) >= 11 is 1.49. The topological polar surface area (TPSA) is 68.8 Å². The van der Waals surface area contributed by atoms with Crippen molar-refractivity contribution < 1.29 is 4.79 Å². The largest absolute Gasteiger partial charge is 0.392 e. The molecule has 0 aliphatic carbocycles. The molecule has 6 nitrogen and oxygen atoms in total. The van der Waals surface area contributed by atoms with Gasteiger partial charge in [0.2, 0.25) is 0 Å². The number of carbonyl (C=O) groups excluding carboxylic acids is 1. The van der Waals surface area contributed by atoms with Crippen molar-refractivity contribution in [2.24, 2.45) is 5.10 Å². The molecule has 44 heavy (non-hydrogen) atoms. The Kier molecular flexibility index (Phi) is 38.1. The standard InChI is InChI=1S/C17H22N4.C7H10OS.C6H13N.C3H6.2C2H6/c1-13(18-2)7-9-16-12-17(21-20-16)10-8-14-5-4-6-15(11-14)19-3;1-3-7(5-6-8)9-4-2;1-5-7(4)6(2)3;1-3-2;2*1-2/h4-11,18-20H,12H2,1-3H3;3-4,6H,2,5H2,1H3;5-6H,1H2,2-4H3;3H,1H2,2H3;2*1-2H3/b10-8+,13-7+,16-9+;7-3-;;;;. The van der Waals surface area contributed by atoms with Gasteiger partial charge in [0.15, 0.2) is 0 Å². The number of aldehydes is 1. The number of anilines is 1. The average molecular weight is 626 g/mol. The van der Waals surface area contributed by atoms with E-state index in [1.165, 1.54) is 11.8 Å². The number of allylic oxidation sites excluding steroid dienone is 8. The Bertz CT molecular complexity index is 1020. The summed E-state index contributed by atoms with van der Waals surface area (Å²) < 4.78 is 0. The maximum absolute atomic E-state index is 9.96. The van der Waals surface area contributed by atoms with Gasteiger partial charge in [-0.15, -0.1) is 18.3 Å². The van der Waals surface area contributed by atoms with Crippen LogP contribution >= 0.6 is 11.8 Å². The summed E-state index contributed by atoms with van der Waals surface area (Å²) in [5, 5.41) is 12.3. The van der Waals surface area contributed by atoms with E-state index < -0.39 is 0 Å². The second-order valence-electron chi connectivity index (χ2n) is 8.65. The first-order valence-corrected chi connectivity index (χ1v) is 16.2.